The summed E-state index contributed by atoms with van der Waals surface area (Å²) in [4.78, 5) is 0. The van der Waals surface area contributed by atoms with Gasteiger partial charge in [-0.3, -0.25) is 0 Å². The first-order valence-corrected chi connectivity index (χ1v) is 5.75. The fraction of sp³-hybridized carbons (Fsp3) is 0.100. The van der Waals surface area contributed by atoms with Gasteiger partial charge in [-0.15, -0.1) is 0 Å². The zero-order valence-corrected chi connectivity index (χ0v) is 10.8. The van der Waals surface area contributed by atoms with Gasteiger partial charge >= 0.3 is 0 Å². The van der Waals surface area contributed by atoms with Gasteiger partial charge < -0.3 is 10.5 Å². The van der Waals surface area contributed by atoms with Gasteiger partial charge in [-0.05, 0) is 12.1 Å². The fourth-order valence-electron chi connectivity index (χ4n) is 1.25. The number of ether oxygens (including phenoxy) is 1. The quantitative estimate of drug-likeness (QED) is 0.942. The van der Waals surface area contributed by atoms with Gasteiger partial charge in [0.1, 0.15) is 0 Å². The van der Waals surface area contributed by atoms with Crippen LogP contribution in [0.4, 0.5) is 5.69 Å². The molecule has 2 N–H and O–H groups in total. The van der Waals surface area contributed by atoms with Crippen molar-refractivity contribution in [1.29, 1.82) is 0 Å². The second-order valence-corrected chi connectivity index (χ2v) is 4.54. The van der Waals surface area contributed by atoms with Crippen LogP contribution in [0.1, 0.15) is 0 Å². The monoisotopic (exact) mass is 291 g/mol. The number of nitrogens with zero attached hydrogens (tertiary/aromatic N) is 2. The number of rotatable bonds is 3. The van der Waals surface area contributed by atoms with E-state index >= 15 is 0 Å². The number of aromatic nitrogens is 2. The van der Waals surface area contributed by atoms with Crippen molar-refractivity contribution in [2.75, 3.05) is 5.73 Å². The lowest BCUT2D eigenvalue weighted by molar-refractivity contribution is 0.221. The molecule has 1 aromatic heterocycles. The van der Waals surface area contributed by atoms with Gasteiger partial charge in [-0.25, -0.2) is 4.68 Å². The highest BCUT2D eigenvalue weighted by Gasteiger charge is 2.09. The lowest BCUT2D eigenvalue weighted by atomic mass is 10.3. The number of nitrogen functional groups attached to an aromatic ring is 1. The van der Waals surface area contributed by atoms with E-state index < -0.39 is 0 Å². The predicted molar refractivity (Wildman–Crippen MR) is 68.7 cm³/mol. The molecule has 0 saturated heterocycles. The summed E-state index contributed by atoms with van der Waals surface area (Å²) in [6, 6.07) is 3.11. The van der Waals surface area contributed by atoms with Crippen molar-refractivity contribution < 1.29 is 4.74 Å². The Morgan fingerprint density at radius 1 is 1.24 bits per heavy atom. The van der Waals surface area contributed by atoms with Crippen LogP contribution < -0.4 is 10.5 Å². The molecule has 0 spiro atoms. The summed E-state index contributed by atoms with van der Waals surface area (Å²) in [5.41, 5.74) is 6.08. The van der Waals surface area contributed by atoms with Crippen LogP contribution in [-0.4, -0.2) is 9.78 Å². The summed E-state index contributed by atoms with van der Waals surface area (Å²) in [5, 5.41) is 5.12. The summed E-state index contributed by atoms with van der Waals surface area (Å²) in [6.45, 7) is 0.165. The predicted octanol–water partition coefficient (Wildman–Crippen LogP) is 3.46. The first kappa shape index (κ1) is 12.4. The summed E-state index contributed by atoms with van der Waals surface area (Å²) >= 11 is 17.7. The van der Waals surface area contributed by atoms with Crippen LogP contribution in [0, 0.1) is 0 Å². The van der Waals surface area contributed by atoms with Gasteiger partial charge in [0.25, 0.3) is 0 Å². The Labute approximate surface area is 113 Å². The standard InChI is InChI=1S/C10H8Cl3N3O/c11-6-1-8(12)10(9(13)2-6)17-5-16-4-7(14)3-15-16/h1-4H,5,14H2. The van der Waals surface area contributed by atoms with Crippen molar-refractivity contribution in [1.82, 2.24) is 9.78 Å². The highest BCUT2D eigenvalue weighted by atomic mass is 35.5. The Balaban J connectivity index is 2.14. The highest BCUT2D eigenvalue weighted by Crippen LogP contribution is 2.35. The van der Waals surface area contributed by atoms with Crippen LogP contribution in [0.3, 0.4) is 0 Å². The maximum atomic E-state index is 5.96. The molecule has 0 unspecified atom stereocenters. The zero-order chi connectivity index (χ0) is 12.4. The van der Waals surface area contributed by atoms with Crippen molar-refractivity contribution >= 4 is 40.5 Å². The van der Waals surface area contributed by atoms with E-state index in [4.69, 9.17) is 45.3 Å². The maximum Gasteiger partial charge on any atom is 0.181 e. The van der Waals surface area contributed by atoms with Gasteiger partial charge in [0.15, 0.2) is 12.5 Å². The van der Waals surface area contributed by atoms with Gasteiger partial charge in [0.05, 0.1) is 28.1 Å². The molecule has 0 saturated carbocycles. The second kappa shape index (κ2) is 5.04. The van der Waals surface area contributed by atoms with Gasteiger partial charge in [0.2, 0.25) is 0 Å². The van der Waals surface area contributed by atoms with E-state index in [2.05, 4.69) is 5.10 Å². The molecule has 2 rings (SSSR count). The zero-order valence-electron chi connectivity index (χ0n) is 8.53. The van der Waals surface area contributed by atoms with Crippen LogP contribution in [0.5, 0.6) is 5.75 Å². The third-order valence-electron chi connectivity index (χ3n) is 1.96. The molecule has 90 valence electrons. The minimum absolute atomic E-state index is 0.165. The van der Waals surface area contributed by atoms with Gasteiger partial charge in [-0.1, -0.05) is 34.8 Å². The molecule has 0 bridgehead atoms. The summed E-state index contributed by atoms with van der Waals surface area (Å²) in [5.74, 6) is 0.367. The second-order valence-electron chi connectivity index (χ2n) is 3.29. The molecule has 0 radical (unpaired) electrons. The fourth-order valence-corrected chi connectivity index (χ4v) is 2.17. The van der Waals surface area contributed by atoms with Crippen molar-refractivity contribution in [3.05, 3.63) is 39.6 Å². The number of hydrogen-bond acceptors (Lipinski definition) is 3. The molecule has 0 fully saturated rings. The molecule has 4 nitrogen and oxygen atoms in total. The topological polar surface area (TPSA) is 53.1 Å². The lowest BCUT2D eigenvalue weighted by Crippen LogP contribution is -2.06. The summed E-state index contributed by atoms with van der Waals surface area (Å²) in [7, 11) is 0. The van der Waals surface area contributed by atoms with Crippen LogP contribution in [0.2, 0.25) is 15.1 Å². The van der Waals surface area contributed by atoms with Crippen LogP contribution in [-0.2, 0) is 6.73 Å². The normalized spacial score (nSPS) is 10.5. The first-order valence-electron chi connectivity index (χ1n) is 4.61. The Hall–Kier alpha value is -1.10. The average molecular weight is 293 g/mol. The van der Waals surface area contributed by atoms with E-state index in [9.17, 15) is 0 Å². The molecule has 7 heteroatoms. The summed E-state index contributed by atoms with van der Waals surface area (Å²) in [6.07, 6.45) is 3.16. The largest absolute Gasteiger partial charge is 0.468 e. The molecular formula is C10H8Cl3N3O. The Morgan fingerprint density at radius 2 is 1.88 bits per heavy atom. The maximum absolute atomic E-state index is 5.96. The highest BCUT2D eigenvalue weighted by molar-refractivity contribution is 6.40. The molecule has 0 aliphatic rings. The van der Waals surface area contributed by atoms with Crippen molar-refractivity contribution in [2.24, 2.45) is 0 Å². The van der Waals surface area contributed by atoms with Crippen LogP contribution >= 0.6 is 34.8 Å². The van der Waals surface area contributed by atoms with Crippen molar-refractivity contribution in [2.45, 2.75) is 6.73 Å². The van der Waals surface area contributed by atoms with E-state index in [0.717, 1.165) is 0 Å². The molecule has 0 aliphatic heterocycles. The van der Waals surface area contributed by atoms with Gasteiger partial charge in [-0.2, -0.15) is 5.10 Å². The van der Waals surface area contributed by atoms with Gasteiger partial charge in [0, 0.05) is 5.02 Å². The van der Waals surface area contributed by atoms with E-state index in [0.29, 0.717) is 26.5 Å². The van der Waals surface area contributed by atoms with E-state index in [1.54, 1.807) is 18.3 Å². The Bertz CT molecular complexity index is 518. The molecule has 1 heterocycles. The third-order valence-corrected chi connectivity index (χ3v) is 2.74. The lowest BCUT2D eigenvalue weighted by Gasteiger charge is -2.10. The molecular weight excluding hydrogens is 284 g/mol. The first-order chi connectivity index (χ1) is 8.06. The third kappa shape index (κ3) is 2.97. The minimum Gasteiger partial charge on any atom is -0.468 e. The number of anilines is 1. The van der Waals surface area contributed by atoms with Crippen LogP contribution in [0.15, 0.2) is 24.5 Å². The summed E-state index contributed by atoms with van der Waals surface area (Å²) < 4.78 is 6.97. The molecule has 0 aliphatic carbocycles. The number of benzene rings is 1. The van der Waals surface area contributed by atoms with E-state index in [1.165, 1.54) is 10.9 Å². The average Bonchev–Trinajstić information content (AvgIpc) is 2.62. The minimum atomic E-state index is 0.165. The Morgan fingerprint density at radius 3 is 2.41 bits per heavy atom. The molecule has 1 aromatic carbocycles. The smallest absolute Gasteiger partial charge is 0.181 e. The molecule has 0 amide bonds. The number of halogens is 3. The Kier molecular flexibility index (Phi) is 3.66. The number of nitrogens with two attached hydrogens (primary N) is 1. The van der Waals surface area contributed by atoms with E-state index in [-0.39, 0.29) is 6.73 Å². The molecule has 17 heavy (non-hydrogen) atoms. The molecule has 2 aromatic rings. The van der Waals surface area contributed by atoms with Crippen LogP contribution in [0.25, 0.3) is 0 Å². The van der Waals surface area contributed by atoms with E-state index in [1.807, 2.05) is 0 Å². The number of hydrogen-bond donors (Lipinski definition) is 1. The molecule has 0 atom stereocenters. The van der Waals surface area contributed by atoms with Crippen molar-refractivity contribution in [3.63, 3.8) is 0 Å². The SMILES string of the molecule is Nc1cnn(COc2c(Cl)cc(Cl)cc2Cl)c1. The van der Waals surface area contributed by atoms with Crippen molar-refractivity contribution in [3.8, 4) is 5.75 Å².